The Hall–Kier alpha value is -2.43. The molecule has 1 aromatic carbocycles. The molecule has 0 aliphatic heterocycles. The van der Waals surface area contributed by atoms with Gasteiger partial charge < -0.3 is 10.6 Å². The molecule has 0 aliphatic rings. The van der Waals surface area contributed by atoms with Crippen LogP contribution in [-0.4, -0.2) is 17.9 Å². The highest BCUT2D eigenvalue weighted by Crippen LogP contribution is 2.14. The van der Waals surface area contributed by atoms with Crippen molar-refractivity contribution in [2.75, 3.05) is 12.4 Å². The van der Waals surface area contributed by atoms with Crippen molar-refractivity contribution in [1.29, 1.82) is 0 Å². The molecule has 0 saturated carbocycles. The van der Waals surface area contributed by atoms with E-state index in [0.29, 0.717) is 11.4 Å². The van der Waals surface area contributed by atoms with Crippen LogP contribution in [0.3, 0.4) is 0 Å². The summed E-state index contributed by atoms with van der Waals surface area (Å²) in [5.74, 6) is 0.146. The molecule has 1 heterocycles. The number of halogens is 1. The molecule has 2 rings (SSSR count). The lowest BCUT2D eigenvalue weighted by Gasteiger charge is -2.14. The largest absolute Gasteiger partial charge is 0.373 e. The lowest BCUT2D eigenvalue weighted by Crippen LogP contribution is -2.26. The highest BCUT2D eigenvalue weighted by atomic mass is 19.1. The fourth-order valence-electron chi connectivity index (χ4n) is 1.82. The van der Waals surface area contributed by atoms with Crippen LogP contribution in [0, 0.1) is 5.82 Å². The highest BCUT2D eigenvalue weighted by Gasteiger charge is 2.12. The van der Waals surface area contributed by atoms with Crippen molar-refractivity contribution in [3.05, 3.63) is 59.5 Å². The monoisotopic (exact) mass is 273 g/mol. The summed E-state index contributed by atoms with van der Waals surface area (Å²) in [6, 6.07) is 9.19. The summed E-state index contributed by atoms with van der Waals surface area (Å²) in [5.41, 5.74) is 1.38. The van der Waals surface area contributed by atoms with Crippen LogP contribution in [0.25, 0.3) is 0 Å². The van der Waals surface area contributed by atoms with Crippen LogP contribution < -0.4 is 10.6 Å². The van der Waals surface area contributed by atoms with Crippen molar-refractivity contribution in [3.63, 3.8) is 0 Å². The molecule has 1 amide bonds. The van der Waals surface area contributed by atoms with Gasteiger partial charge in [-0.3, -0.25) is 4.79 Å². The molecular weight excluding hydrogens is 257 g/mol. The molecule has 1 atom stereocenters. The van der Waals surface area contributed by atoms with Gasteiger partial charge in [0.15, 0.2) is 0 Å². The molecule has 2 aromatic rings. The molecule has 0 radical (unpaired) electrons. The third-order valence-corrected chi connectivity index (χ3v) is 3.00. The lowest BCUT2D eigenvalue weighted by molar-refractivity contribution is 0.0940. The fraction of sp³-hybridized carbons (Fsp3) is 0.200. The van der Waals surface area contributed by atoms with E-state index in [4.69, 9.17) is 0 Å². The van der Waals surface area contributed by atoms with E-state index in [0.717, 1.165) is 5.56 Å². The number of benzene rings is 1. The zero-order chi connectivity index (χ0) is 14.5. The third-order valence-electron chi connectivity index (χ3n) is 3.00. The van der Waals surface area contributed by atoms with Crippen LogP contribution >= 0.6 is 0 Å². The van der Waals surface area contributed by atoms with E-state index in [1.54, 1.807) is 37.5 Å². The molecule has 0 aliphatic carbocycles. The van der Waals surface area contributed by atoms with E-state index in [-0.39, 0.29) is 17.8 Å². The quantitative estimate of drug-likeness (QED) is 0.900. The van der Waals surface area contributed by atoms with Crippen molar-refractivity contribution in [2.24, 2.45) is 0 Å². The number of nitrogens with one attached hydrogen (secondary N) is 2. The van der Waals surface area contributed by atoms with E-state index in [2.05, 4.69) is 15.6 Å². The molecule has 20 heavy (non-hydrogen) atoms. The summed E-state index contributed by atoms with van der Waals surface area (Å²) in [5, 5.41) is 5.75. The summed E-state index contributed by atoms with van der Waals surface area (Å²) >= 11 is 0. The first-order chi connectivity index (χ1) is 9.60. The maximum Gasteiger partial charge on any atom is 0.251 e. The van der Waals surface area contributed by atoms with E-state index in [9.17, 15) is 9.18 Å². The molecule has 1 aromatic heterocycles. The summed E-state index contributed by atoms with van der Waals surface area (Å²) in [6.45, 7) is 1.85. The van der Waals surface area contributed by atoms with Crippen molar-refractivity contribution in [1.82, 2.24) is 10.3 Å². The summed E-state index contributed by atoms with van der Waals surface area (Å²) in [4.78, 5) is 16.2. The number of aromatic nitrogens is 1. The van der Waals surface area contributed by atoms with Gasteiger partial charge in [0.05, 0.1) is 6.04 Å². The van der Waals surface area contributed by atoms with Gasteiger partial charge in [0.1, 0.15) is 11.6 Å². The average Bonchev–Trinajstić information content (AvgIpc) is 2.47. The second-order valence-electron chi connectivity index (χ2n) is 4.43. The number of hydrogen-bond donors (Lipinski definition) is 2. The second kappa shape index (κ2) is 6.14. The summed E-state index contributed by atoms with van der Waals surface area (Å²) in [7, 11) is 1.74. The molecule has 2 N–H and O–H groups in total. The van der Waals surface area contributed by atoms with Gasteiger partial charge >= 0.3 is 0 Å². The molecule has 0 saturated heterocycles. The summed E-state index contributed by atoms with van der Waals surface area (Å²) < 4.78 is 12.9. The van der Waals surface area contributed by atoms with Gasteiger partial charge in [0.2, 0.25) is 0 Å². The number of pyridine rings is 1. The second-order valence-corrected chi connectivity index (χ2v) is 4.43. The number of carbonyl (C=O) groups excluding carboxylic acids is 1. The minimum atomic E-state index is -0.292. The molecule has 0 spiro atoms. The van der Waals surface area contributed by atoms with Crippen LogP contribution in [0.1, 0.15) is 28.9 Å². The first-order valence-electron chi connectivity index (χ1n) is 6.30. The fourth-order valence-corrected chi connectivity index (χ4v) is 1.82. The maximum absolute atomic E-state index is 12.9. The van der Waals surface area contributed by atoms with E-state index < -0.39 is 0 Å². The first kappa shape index (κ1) is 14.0. The Labute approximate surface area is 117 Å². The minimum Gasteiger partial charge on any atom is -0.373 e. The van der Waals surface area contributed by atoms with Gasteiger partial charge in [-0.1, -0.05) is 12.1 Å². The topological polar surface area (TPSA) is 54.0 Å². The van der Waals surface area contributed by atoms with E-state index in [1.807, 2.05) is 6.92 Å². The molecule has 0 bridgehead atoms. The molecule has 1 unspecified atom stereocenters. The standard InChI is InChI=1S/C15H16FN3O/c1-10(11-3-5-13(16)6-4-11)19-15(20)12-7-8-18-14(9-12)17-2/h3-10H,1-2H3,(H,17,18)(H,19,20). The zero-order valence-electron chi connectivity index (χ0n) is 11.4. The van der Waals surface area contributed by atoms with Crippen molar-refractivity contribution in [3.8, 4) is 0 Å². The van der Waals surface area contributed by atoms with Crippen molar-refractivity contribution in [2.45, 2.75) is 13.0 Å². The van der Waals surface area contributed by atoms with Gasteiger partial charge in [0.25, 0.3) is 5.91 Å². The molecule has 4 nitrogen and oxygen atoms in total. The Balaban J connectivity index is 2.08. The normalized spacial score (nSPS) is 11.8. The SMILES string of the molecule is CNc1cc(C(=O)NC(C)c2ccc(F)cc2)ccn1. The lowest BCUT2D eigenvalue weighted by atomic mass is 10.1. The van der Waals surface area contributed by atoms with E-state index in [1.165, 1.54) is 12.1 Å². The van der Waals surface area contributed by atoms with Crippen molar-refractivity contribution < 1.29 is 9.18 Å². The van der Waals surface area contributed by atoms with Crippen LogP contribution in [-0.2, 0) is 0 Å². The number of rotatable bonds is 4. The van der Waals surface area contributed by atoms with Gasteiger partial charge in [-0.25, -0.2) is 9.37 Å². The number of amides is 1. The first-order valence-corrected chi connectivity index (χ1v) is 6.30. The van der Waals surface area contributed by atoms with Gasteiger partial charge in [0, 0.05) is 18.8 Å². The minimum absolute atomic E-state index is 0.194. The Morgan fingerprint density at radius 1 is 1.25 bits per heavy atom. The van der Waals surface area contributed by atoms with Crippen LogP contribution in [0.5, 0.6) is 0 Å². The predicted octanol–water partition coefficient (Wildman–Crippen LogP) is 2.75. The number of carbonyl (C=O) groups is 1. The molecule has 0 fully saturated rings. The van der Waals surface area contributed by atoms with Gasteiger partial charge in [-0.15, -0.1) is 0 Å². The summed E-state index contributed by atoms with van der Waals surface area (Å²) in [6.07, 6.45) is 1.57. The average molecular weight is 273 g/mol. The van der Waals surface area contributed by atoms with Gasteiger partial charge in [-0.05, 0) is 36.8 Å². The zero-order valence-corrected chi connectivity index (χ0v) is 11.4. The Kier molecular flexibility index (Phi) is 4.30. The molecule has 5 heteroatoms. The molecule has 104 valence electrons. The van der Waals surface area contributed by atoms with Gasteiger partial charge in [-0.2, -0.15) is 0 Å². The number of hydrogen-bond acceptors (Lipinski definition) is 3. The number of anilines is 1. The molecular formula is C15H16FN3O. The van der Waals surface area contributed by atoms with Crippen LogP contribution in [0.4, 0.5) is 10.2 Å². The Morgan fingerprint density at radius 2 is 1.95 bits per heavy atom. The van der Waals surface area contributed by atoms with Crippen LogP contribution in [0.2, 0.25) is 0 Å². The predicted molar refractivity (Wildman–Crippen MR) is 76.1 cm³/mol. The Morgan fingerprint density at radius 3 is 2.60 bits per heavy atom. The third kappa shape index (κ3) is 3.32. The number of nitrogens with zero attached hydrogens (tertiary/aromatic N) is 1. The smallest absolute Gasteiger partial charge is 0.251 e. The maximum atomic E-state index is 12.9. The van der Waals surface area contributed by atoms with Crippen LogP contribution in [0.15, 0.2) is 42.6 Å². The highest BCUT2D eigenvalue weighted by molar-refractivity contribution is 5.95. The van der Waals surface area contributed by atoms with E-state index >= 15 is 0 Å². The van der Waals surface area contributed by atoms with Crippen molar-refractivity contribution >= 4 is 11.7 Å². The Bertz CT molecular complexity index is 598.